The van der Waals surface area contributed by atoms with Gasteiger partial charge in [0, 0.05) is 31.1 Å². The van der Waals surface area contributed by atoms with Crippen molar-refractivity contribution in [2.24, 2.45) is 7.05 Å². The van der Waals surface area contributed by atoms with E-state index in [0.29, 0.717) is 11.5 Å². The first-order valence-electron chi connectivity index (χ1n) is 7.94. The van der Waals surface area contributed by atoms with Gasteiger partial charge in [-0.1, -0.05) is 5.16 Å². The van der Waals surface area contributed by atoms with Crippen LogP contribution in [0.15, 0.2) is 35.2 Å². The Balaban J connectivity index is 1.51. The largest absolute Gasteiger partial charge is 0.350 e. The third kappa shape index (κ3) is 2.80. The molecule has 7 nitrogen and oxygen atoms in total. The number of hydrogen-bond donors (Lipinski definition) is 1. The molecule has 3 heterocycles. The lowest BCUT2D eigenvalue weighted by Gasteiger charge is -2.15. The third-order valence-corrected chi connectivity index (χ3v) is 4.20. The number of nitrogens with zero attached hydrogens (tertiary/aromatic N) is 4. The lowest BCUT2D eigenvalue weighted by molar-refractivity contribution is 0.0987. The average molecular weight is 323 g/mol. The van der Waals surface area contributed by atoms with Gasteiger partial charge in [0.1, 0.15) is 11.5 Å². The van der Waals surface area contributed by atoms with Gasteiger partial charge in [0.25, 0.3) is 5.91 Å². The SMILES string of the molecule is Cn1cc(-c2cc(C(=O)Nc3cc4c(cn3)CCCC4)on2)cn1. The van der Waals surface area contributed by atoms with Gasteiger partial charge in [-0.25, -0.2) is 4.98 Å². The summed E-state index contributed by atoms with van der Waals surface area (Å²) in [5.74, 6) is 0.328. The molecule has 1 N–H and O–H groups in total. The molecule has 1 aliphatic carbocycles. The number of anilines is 1. The van der Waals surface area contributed by atoms with Crippen LogP contribution >= 0.6 is 0 Å². The summed E-state index contributed by atoms with van der Waals surface area (Å²) in [6.45, 7) is 0. The fourth-order valence-electron chi connectivity index (χ4n) is 2.93. The molecule has 0 saturated carbocycles. The number of aryl methyl sites for hydroxylation is 3. The van der Waals surface area contributed by atoms with E-state index in [0.717, 1.165) is 18.4 Å². The predicted molar refractivity (Wildman–Crippen MR) is 87.5 cm³/mol. The van der Waals surface area contributed by atoms with Gasteiger partial charge in [0.15, 0.2) is 0 Å². The van der Waals surface area contributed by atoms with Crippen LogP contribution in [0.2, 0.25) is 0 Å². The molecule has 0 spiro atoms. The normalized spacial score (nSPS) is 13.5. The van der Waals surface area contributed by atoms with Crippen molar-refractivity contribution in [3.05, 3.63) is 47.6 Å². The van der Waals surface area contributed by atoms with Gasteiger partial charge in [0.05, 0.1) is 6.20 Å². The summed E-state index contributed by atoms with van der Waals surface area (Å²) in [6, 6.07) is 3.55. The maximum Gasteiger partial charge on any atom is 0.295 e. The first-order chi connectivity index (χ1) is 11.7. The highest BCUT2D eigenvalue weighted by atomic mass is 16.5. The van der Waals surface area contributed by atoms with Gasteiger partial charge in [0.2, 0.25) is 5.76 Å². The number of hydrogen-bond acceptors (Lipinski definition) is 5. The number of rotatable bonds is 3. The number of fused-ring (bicyclic) bond motifs is 1. The molecule has 0 aliphatic heterocycles. The van der Waals surface area contributed by atoms with Crippen molar-refractivity contribution >= 4 is 11.7 Å². The summed E-state index contributed by atoms with van der Waals surface area (Å²) < 4.78 is 6.82. The molecule has 4 rings (SSSR count). The molecule has 24 heavy (non-hydrogen) atoms. The Morgan fingerprint density at radius 3 is 2.83 bits per heavy atom. The first kappa shape index (κ1) is 14.6. The average Bonchev–Trinajstić information content (AvgIpc) is 3.23. The van der Waals surface area contributed by atoms with Crippen molar-refractivity contribution in [1.29, 1.82) is 0 Å². The number of carbonyl (C=O) groups excluding carboxylic acids is 1. The standard InChI is InChI=1S/C17H17N5O2/c1-22-10-13(9-19-22)14-7-15(24-21-14)17(23)20-16-6-11-4-2-3-5-12(11)8-18-16/h6-10H,2-5H2,1H3,(H,18,20,23). The van der Waals surface area contributed by atoms with E-state index in [1.54, 1.807) is 16.9 Å². The summed E-state index contributed by atoms with van der Waals surface area (Å²) >= 11 is 0. The molecule has 0 unspecified atom stereocenters. The molecule has 0 saturated heterocycles. The highest BCUT2D eigenvalue weighted by Crippen LogP contribution is 2.23. The Bertz CT molecular complexity index is 896. The van der Waals surface area contributed by atoms with Gasteiger partial charge >= 0.3 is 0 Å². The number of amides is 1. The smallest absolute Gasteiger partial charge is 0.295 e. The summed E-state index contributed by atoms with van der Waals surface area (Å²) in [6.07, 6.45) is 9.82. The van der Waals surface area contributed by atoms with Gasteiger partial charge in [-0.2, -0.15) is 5.10 Å². The van der Waals surface area contributed by atoms with E-state index in [2.05, 4.69) is 20.6 Å². The van der Waals surface area contributed by atoms with E-state index >= 15 is 0 Å². The topological polar surface area (TPSA) is 85.8 Å². The molecule has 0 aromatic carbocycles. The van der Waals surface area contributed by atoms with Crippen molar-refractivity contribution in [1.82, 2.24) is 19.9 Å². The monoisotopic (exact) mass is 323 g/mol. The number of carbonyl (C=O) groups is 1. The number of aromatic nitrogens is 4. The molecule has 3 aromatic heterocycles. The minimum atomic E-state index is -0.360. The maximum atomic E-state index is 12.3. The van der Waals surface area contributed by atoms with Crippen molar-refractivity contribution in [3.63, 3.8) is 0 Å². The van der Waals surface area contributed by atoms with E-state index in [9.17, 15) is 4.79 Å². The molecule has 0 atom stereocenters. The highest BCUT2D eigenvalue weighted by Gasteiger charge is 2.17. The molecule has 1 aliphatic rings. The summed E-state index contributed by atoms with van der Waals surface area (Å²) in [4.78, 5) is 16.6. The van der Waals surface area contributed by atoms with Gasteiger partial charge in [-0.05, 0) is 42.9 Å². The second kappa shape index (κ2) is 5.92. The first-order valence-corrected chi connectivity index (χ1v) is 7.94. The summed E-state index contributed by atoms with van der Waals surface area (Å²) in [5.41, 5.74) is 3.91. The Hall–Kier alpha value is -2.96. The minimum Gasteiger partial charge on any atom is -0.350 e. The van der Waals surface area contributed by atoms with Crippen LogP contribution in [0, 0.1) is 0 Å². The predicted octanol–water partition coefficient (Wildman–Crippen LogP) is 2.60. The molecule has 7 heteroatoms. The van der Waals surface area contributed by atoms with Crippen LogP contribution in [0.5, 0.6) is 0 Å². The van der Waals surface area contributed by atoms with Gasteiger partial charge < -0.3 is 9.84 Å². The molecular formula is C17H17N5O2. The van der Waals surface area contributed by atoms with Crippen molar-refractivity contribution in [2.75, 3.05) is 5.32 Å². The fourth-order valence-corrected chi connectivity index (χ4v) is 2.93. The number of nitrogens with one attached hydrogen (secondary N) is 1. The van der Waals surface area contributed by atoms with Crippen LogP contribution < -0.4 is 5.32 Å². The highest BCUT2D eigenvalue weighted by molar-refractivity contribution is 6.02. The van der Waals surface area contributed by atoms with E-state index < -0.39 is 0 Å². The molecule has 1 amide bonds. The fraction of sp³-hybridized carbons (Fsp3) is 0.294. The number of pyridine rings is 1. The second-order valence-electron chi connectivity index (χ2n) is 5.98. The minimum absolute atomic E-state index is 0.147. The Labute approximate surface area is 138 Å². The molecule has 0 fully saturated rings. The zero-order valence-corrected chi connectivity index (χ0v) is 13.3. The van der Waals surface area contributed by atoms with Crippen LogP contribution in [-0.4, -0.2) is 25.8 Å². The molecular weight excluding hydrogens is 306 g/mol. The van der Waals surface area contributed by atoms with Crippen LogP contribution in [0.1, 0.15) is 34.5 Å². The van der Waals surface area contributed by atoms with E-state index in [1.807, 2.05) is 25.5 Å². The zero-order valence-electron chi connectivity index (χ0n) is 13.3. The van der Waals surface area contributed by atoms with Gasteiger partial charge in [-0.15, -0.1) is 0 Å². The molecule has 3 aromatic rings. The van der Waals surface area contributed by atoms with Crippen LogP contribution in [0.3, 0.4) is 0 Å². The van der Waals surface area contributed by atoms with Crippen molar-refractivity contribution < 1.29 is 9.32 Å². The molecule has 122 valence electrons. The maximum absolute atomic E-state index is 12.3. The zero-order chi connectivity index (χ0) is 16.5. The Kier molecular flexibility index (Phi) is 3.60. The quantitative estimate of drug-likeness (QED) is 0.800. The lowest BCUT2D eigenvalue weighted by Crippen LogP contribution is -2.13. The van der Waals surface area contributed by atoms with E-state index in [4.69, 9.17) is 4.52 Å². The van der Waals surface area contributed by atoms with Crippen molar-refractivity contribution in [2.45, 2.75) is 25.7 Å². The second-order valence-corrected chi connectivity index (χ2v) is 5.98. The Morgan fingerprint density at radius 2 is 2.04 bits per heavy atom. The van der Waals surface area contributed by atoms with E-state index in [1.165, 1.54) is 24.0 Å². The lowest BCUT2D eigenvalue weighted by atomic mass is 9.93. The summed E-state index contributed by atoms with van der Waals surface area (Å²) in [7, 11) is 1.82. The molecule has 0 radical (unpaired) electrons. The van der Waals surface area contributed by atoms with Crippen LogP contribution in [0.25, 0.3) is 11.3 Å². The van der Waals surface area contributed by atoms with Crippen LogP contribution in [0.4, 0.5) is 5.82 Å². The third-order valence-electron chi connectivity index (χ3n) is 4.20. The Morgan fingerprint density at radius 1 is 1.21 bits per heavy atom. The summed E-state index contributed by atoms with van der Waals surface area (Å²) in [5, 5.41) is 10.8. The van der Waals surface area contributed by atoms with E-state index in [-0.39, 0.29) is 11.7 Å². The van der Waals surface area contributed by atoms with Gasteiger partial charge in [-0.3, -0.25) is 9.48 Å². The van der Waals surface area contributed by atoms with Crippen molar-refractivity contribution in [3.8, 4) is 11.3 Å². The van der Waals surface area contributed by atoms with Crippen LogP contribution in [-0.2, 0) is 19.9 Å². The molecule has 0 bridgehead atoms.